The molecule has 8 heteroatoms. The SMILES string of the molecule is C=CCc1cccc(C2C3=CCC4C(=O)N(c5ccc(N6CCOCC6)cc5)C(=O)C4C3CC3C(=O)C(c4ccccc4)=CC(=O)C32c2ccccc2)c1O. The van der Waals surface area contributed by atoms with Crippen LogP contribution in [0, 0.1) is 23.7 Å². The third-order valence-corrected chi connectivity index (χ3v) is 12.7. The van der Waals surface area contributed by atoms with Crippen LogP contribution in [0.15, 0.2) is 134 Å². The molecular weight excluding hydrogens is 689 g/mol. The topological polar surface area (TPSA) is 104 Å². The van der Waals surface area contributed by atoms with Crippen molar-refractivity contribution in [1.29, 1.82) is 0 Å². The maximum atomic E-state index is 15.3. The Hall–Kier alpha value is -5.86. The largest absolute Gasteiger partial charge is 0.507 e. The number of amides is 2. The van der Waals surface area contributed by atoms with E-state index in [1.54, 1.807) is 6.08 Å². The Morgan fingerprint density at radius 3 is 2.20 bits per heavy atom. The van der Waals surface area contributed by atoms with E-state index < -0.39 is 35.0 Å². The fraction of sp³-hybridized carbons (Fsp3) is 0.277. The van der Waals surface area contributed by atoms with Crippen molar-refractivity contribution >= 4 is 40.3 Å². The summed E-state index contributed by atoms with van der Waals surface area (Å²) in [7, 11) is 0. The number of phenolic OH excluding ortho intramolecular Hbond substituents is 1. The van der Waals surface area contributed by atoms with Crippen LogP contribution in [-0.4, -0.2) is 54.8 Å². The minimum Gasteiger partial charge on any atom is -0.507 e. The average Bonchev–Trinajstić information content (AvgIpc) is 3.49. The van der Waals surface area contributed by atoms with Gasteiger partial charge in [0.2, 0.25) is 11.8 Å². The highest BCUT2D eigenvalue weighted by molar-refractivity contribution is 6.32. The van der Waals surface area contributed by atoms with Crippen LogP contribution in [0.3, 0.4) is 0 Å². The molecule has 2 aliphatic heterocycles. The second kappa shape index (κ2) is 13.8. The van der Waals surface area contributed by atoms with E-state index in [9.17, 15) is 14.7 Å². The van der Waals surface area contributed by atoms with Crippen molar-refractivity contribution in [2.24, 2.45) is 23.7 Å². The van der Waals surface area contributed by atoms with Crippen LogP contribution < -0.4 is 9.80 Å². The molecule has 5 aliphatic rings. The molecule has 0 bridgehead atoms. The number of morpholine rings is 1. The number of Topliss-reactive ketones (excluding diaryl/α,β-unsaturated/α-hetero) is 1. The van der Waals surface area contributed by atoms with E-state index in [2.05, 4.69) is 11.5 Å². The Balaban J connectivity index is 1.20. The first-order valence-corrected chi connectivity index (χ1v) is 19.2. The summed E-state index contributed by atoms with van der Waals surface area (Å²) in [5, 5.41) is 12.1. The van der Waals surface area contributed by atoms with Crippen LogP contribution in [0.25, 0.3) is 5.57 Å². The zero-order valence-electron chi connectivity index (χ0n) is 30.5. The predicted octanol–water partition coefficient (Wildman–Crippen LogP) is 6.99. The fourth-order valence-corrected chi connectivity index (χ4v) is 10.3. The van der Waals surface area contributed by atoms with Crippen LogP contribution in [-0.2, 0) is 35.8 Å². The van der Waals surface area contributed by atoms with Crippen LogP contribution in [0.1, 0.15) is 41.0 Å². The van der Waals surface area contributed by atoms with E-state index >= 15 is 9.59 Å². The summed E-state index contributed by atoms with van der Waals surface area (Å²) < 4.78 is 5.51. The van der Waals surface area contributed by atoms with Crippen molar-refractivity contribution in [3.63, 3.8) is 0 Å². The summed E-state index contributed by atoms with van der Waals surface area (Å²) in [5.74, 6) is -4.50. The number of hydrogen-bond acceptors (Lipinski definition) is 7. The van der Waals surface area contributed by atoms with E-state index in [1.165, 1.54) is 11.0 Å². The molecule has 6 atom stereocenters. The number of nitrogens with zero attached hydrogens (tertiary/aromatic N) is 2. The van der Waals surface area contributed by atoms with Gasteiger partial charge in [0.1, 0.15) is 5.75 Å². The number of ketones is 2. The first kappa shape index (κ1) is 34.9. The average molecular weight is 731 g/mol. The standard InChI is InChI=1S/C47H42N2O6/c1-2-10-30-13-9-16-36(43(30)51)42-34-21-22-35-41(46(54)49(45(35)53)33-19-17-32(18-20-33)48-23-25-55-26-24-48)38(34)27-39-44(52)37(29-11-5-3-6-12-29)28-40(50)47(39,42)31-14-7-4-8-15-31/h2-9,11-21,28,35,38-39,41-42,51H,1,10,22-27H2. The Morgan fingerprint density at radius 2 is 1.49 bits per heavy atom. The molecule has 2 heterocycles. The normalized spacial score (nSPS) is 27.5. The van der Waals surface area contributed by atoms with E-state index in [-0.39, 0.29) is 35.6 Å². The molecule has 2 amide bonds. The van der Waals surface area contributed by atoms with Crippen molar-refractivity contribution < 1.29 is 29.0 Å². The highest BCUT2D eigenvalue weighted by Gasteiger charge is 2.66. The molecule has 8 nitrogen and oxygen atoms in total. The first-order valence-electron chi connectivity index (χ1n) is 19.2. The molecule has 0 radical (unpaired) electrons. The molecule has 276 valence electrons. The van der Waals surface area contributed by atoms with Gasteiger partial charge < -0.3 is 14.7 Å². The molecule has 1 saturated carbocycles. The molecule has 4 aromatic rings. The lowest BCUT2D eigenvalue weighted by atomic mass is 9.44. The highest BCUT2D eigenvalue weighted by Crippen LogP contribution is 2.64. The van der Waals surface area contributed by atoms with E-state index in [0.29, 0.717) is 59.6 Å². The molecule has 55 heavy (non-hydrogen) atoms. The molecule has 3 aliphatic carbocycles. The number of benzene rings is 4. The van der Waals surface area contributed by atoms with Gasteiger partial charge in [-0.05, 0) is 72.2 Å². The predicted molar refractivity (Wildman–Crippen MR) is 211 cm³/mol. The summed E-state index contributed by atoms with van der Waals surface area (Å²) in [6, 6.07) is 31.7. The van der Waals surface area contributed by atoms with Gasteiger partial charge in [0.25, 0.3) is 0 Å². The number of carbonyl (C=O) groups is 4. The van der Waals surface area contributed by atoms with Gasteiger partial charge in [-0.2, -0.15) is 0 Å². The molecular formula is C47H42N2O6. The first-order chi connectivity index (χ1) is 26.8. The third kappa shape index (κ3) is 5.37. The molecule has 0 aromatic heterocycles. The van der Waals surface area contributed by atoms with Crippen molar-refractivity contribution in [2.75, 3.05) is 36.1 Å². The van der Waals surface area contributed by atoms with Gasteiger partial charge >= 0.3 is 0 Å². The van der Waals surface area contributed by atoms with Gasteiger partial charge in [-0.3, -0.25) is 24.1 Å². The lowest BCUT2D eigenvalue weighted by Gasteiger charge is -2.55. The monoisotopic (exact) mass is 730 g/mol. The maximum absolute atomic E-state index is 15.3. The van der Waals surface area contributed by atoms with Crippen molar-refractivity contribution in [2.45, 2.75) is 30.6 Å². The Morgan fingerprint density at radius 1 is 0.800 bits per heavy atom. The van der Waals surface area contributed by atoms with Gasteiger partial charge in [-0.15, -0.1) is 6.58 Å². The molecule has 3 fully saturated rings. The lowest BCUT2D eigenvalue weighted by Crippen LogP contribution is -2.58. The Labute approximate surface area is 320 Å². The molecule has 6 unspecified atom stereocenters. The fourth-order valence-electron chi connectivity index (χ4n) is 10.3. The quantitative estimate of drug-likeness (QED) is 0.162. The molecule has 1 N–H and O–H groups in total. The van der Waals surface area contributed by atoms with Gasteiger partial charge in [0.15, 0.2) is 11.6 Å². The number of aromatic hydroxyl groups is 1. The van der Waals surface area contributed by atoms with Crippen LogP contribution in [0.4, 0.5) is 11.4 Å². The number of fused-ring (bicyclic) bond motifs is 4. The van der Waals surface area contributed by atoms with Crippen molar-refractivity contribution in [1.82, 2.24) is 0 Å². The molecule has 0 spiro atoms. The molecule has 4 aromatic carbocycles. The van der Waals surface area contributed by atoms with Crippen LogP contribution in [0.5, 0.6) is 5.75 Å². The van der Waals surface area contributed by atoms with Crippen LogP contribution in [0.2, 0.25) is 0 Å². The summed E-state index contributed by atoms with van der Waals surface area (Å²) in [5.41, 5.74) is 3.75. The number of allylic oxidation sites excluding steroid dienone is 5. The van der Waals surface area contributed by atoms with Gasteiger partial charge in [0, 0.05) is 41.7 Å². The second-order valence-electron chi connectivity index (χ2n) is 15.3. The van der Waals surface area contributed by atoms with Crippen molar-refractivity contribution in [3.05, 3.63) is 156 Å². The third-order valence-electron chi connectivity index (χ3n) is 12.7. The van der Waals surface area contributed by atoms with E-state index in [4.69, 9.17) is 4.74 Å². The summed E-state index contributed by atoms with van der Waals surface area (Å²) in [6.07, 6.45) is 6.15. The molecule has 2 saturated heterocycles. The number of carbonyl (C=O) groups excluding carboxylic acids is 4. The Kier molecular flexibility index (Phi) is 8.73. The zero-order chi connectivity index (χ0) is 37.8. The number of anilines is 2. The summed E-state index contributed by atoms with van der Waals surface area (Å²) in [6.45, 7) is 6.71. The number of hydrogen-bond donors (Lipinski definition) is 1. The van der Waals surface area contributed by atoms with Crippen LogP contribution >= 0.6 is 0 Å². The smallest absolute Gasteiger partial charge is 0.238 e. The maximum Gasteiger partial charge on any atom is 0.238 e. The summed E-state index contributed by atoms with van der Waals surface area (Å²) in [4.78, 5) is 63.2. The number of ether oxygens (including phenoxy) is 1. The zero-order valence-corrected chi connectivity index (χ0v) is 30.5. The summed E-state index contributed by atoms with van der Waals surface area (Å²) >= 11 is 0. The minimum atomic E-state index is -1.42. The van der Waals surface area contributed by atoms with Crippen molar-refractivity contribution in [3.8, 4) is 5.75 Å². The lowest BCUT2D eigenvalue weighted by molar-refractivity contribution is -0.135. The van der Waals surface area contributed by atoms with E-state index in [1.807, 2.05) is 109 Å². The number of para-hydroxylation sites is 1. The van der Waals surface area contributed by atoms with Gasteiger partial charge in [-0.25, -0.2) is 0 Å². The number of imide groups is 1. The van der Waals surface area contributed by atoms with Gasteiger partial charge in [-0.1, -0.05) is 96.6 Å². The number of phenols is 1. The van der Waals surface area contributed by atoms with E-state index in [0.717, 1.165) is 24.4 Å². The van der Waals surface area contributed by atoms with Gasteiger partial charge in [0.05, 0.1) is 36.2 Å². The number of rotatable bonds is 7. The second-order valence-corrected chi connectivity index (χ2v) is 15.3. The Bertz CT molecular complexity index is 2270. The highest BCUT2D eigenvalue weighted by atomic mass is 16.5. The minimum absolute atomic E-state index is 0.0408. The molecule has 9 rings (SSSR count).